The van der Waals surface area contributed by atoms with E-state index in [1.54, 1.807) is 12.1 Å². The van der Waals surface area contributed by atoms with Crippen LogP contribution in [0, 0.1) is 0 Å². The van der Waals surface area contributed by atoms with Crippen LogP contribution in [0.1, 0.15) is 41.2 Å². The van der Waals surface area contributed by atoms with Crippen LogP contribution in [0.4, 0.5) is 0 Å². The van der Waals surface area contributed by atoms with E-state index in [-0.39, 0.29) is 11.8 Å². The van der Waals surface area contributed by atoms with Crippen molar-refractivity contribution in [1.29, 1.82) is 0 Å². The van der Waals surface area contributed by atoms with Crippen LogP contribution in [0.25, 0.3) is 0 Å². The highest BCUT2D eigenvalue weighted by Gasteiger charge is 2.29. The van der Waals surface area contributed by atoms with Crippen molar-refractivity contribution in [3.8, 4) is 0 Å². The maximum absolute atomic E-state index is 13.1. The Morgan fingerprint density at radius 3 is 2.18 bits per heavy atom. The van der Waals surface area contributed by atoms with Crippen molar-refractivity contribution in [3.63, 3.8) is 0 Å². The average molecular weight is 314 g/mol. The average Bonchev–Trinajstić information content (AvgIpc) is 2.57. The molecule has 1 heterocycles. The Bertz CT molecular complexity index is 618. The molecule has 0 radical (unpaired) electrons. The van der Waals surface area contributed by atoms with Crippen LogP contribution >= 0.6 is 11.6 Å². The van der Waals surface area contributed by atoms with Crippen molar-refractivity contribution in [2.75, 3.05) is 13.1 Å². The number of rotatable bonds is 4. The lowest BCUT2D eigenvalue weighted by Gasteiger charge is -2.34. The van der Waals surface area contributed by atoms with Crippen molar-refractivity contribution >= 4 is 17.4 Å². The van der Waals surface area contributed by atoms with Crippen LogP contribution in [0.15, 0.2) is 54.6 Å². The van der Waals surface area contributed by atoms with Gasteiger partial charge in [-0.1, -0.05) is 48.4 Å². The van der Waals surface area contributed by atoms with E-state index in [2.05, 4.69) is 4.90 Å². The molecule has 0 bridgehead atoms. The maximum atomic E-state index is 13.1. The molecule has 1 fully saturated rings. The first kappa shape index (κ1) is 15.3. The summed E-state index contributed by atoms with van der Waals surface area (Å²) in [6.45, 7) is 1.97. The van der Waals surface area contributed by atoms with Crippen LogP contribution in [0.2, 0.25) is 5.02 Å². The summed E-state index contributed by atoms with van der Waals surface area (Å²) in [7, 11) is 0. The lowest BCUT2D eigenvalue weighted by Crippen LogP contribution is -2.38. The first-order valence-corrected chi connectivity index (χ1v) is 8.22. The van der Waals surface area contributed by atoms with Gasteiger partial charge in [-0.15, -0.1) is 0 Å². The highest BCUT2D eigenvalue weighted by molar-refractivity contribution is 6.30. The molecule has 0 spiro atoms. The third-order valence-corrected chi connectivity index (χ3v) is 4.50. The molecule has 1 aliphatic rings. The van der Waals surface area contributed by atoms with Gasteiger partial charge in [-0.2, -0.15) is 0 Å². The highest BCUT2D eigenvalue weighted by Crippen LogP contribution is 2.28. The molecule has 0 aromatic heterocycles. The first-order valence-electron chi connectivity index (χ1n) is 7.84. The zero-order valence-electron chi connectivity index (χ0n) is 12.5. The summed E-state index contributed by atoms with van der Waals surface area (Å²) in [5.74, 6) is 0.157. The minimum Gasteiger partial charge on any atom is -0.292 e. The minimum absolute atomic E-state index is 0.157. The number of benzene rings is 2. The van der Waals surface area contributed by atoms with Gasteiger partial charge in [0.15, 0.2) is 5.78 Å². The monoisotopic (exact) mass is 313 g/mol. The third-order valence-electron chi connectivity index (χ3n) is 4.25. The van der Waals surface area contributed by atoms with E-state index < -0.39 is 0 Å². The zero-order chi connectivity index (χ0) is 15.4. The van der Waals surface area contributed by atoms with Crippen molar-refractivity contribution in [2.24, 2.45) is 0 Å². The van der Waals surface area contributed by atoms with Gasteiger partial charge < -0.3 is 0 Å². The molecule has 0 saturated carbocycles. The van der Waals surface area contributed by atoms with Crippen LogP contribution in [-0.4, -0.2) is 23.8 Å². The number of likely N-dealkylation sites (tertiary alicyclic amines) is 1. The summed E-state index contributed by atoms with van der Waals surface area (Å²) in [4.78, 5) is 15.4. The lowest BCUT2D eigenvalue weighted by atomic mass is 9.94. The summed E-state index contributed by atoms with van der Waals surface area (Å²) in [6, 6.07) is 17.1. The molecule has 0 aliphatic carbocycles. The van der Waals surface area contributed by atoms with Gasteiger partial charge in [0.25, 0.3) is 0 Å². The summed E-state index contributed by atoms with van der Waals surface area (Å²) in [5, 5.41) is 0.658. The molecular formula is C19H20ClNO. The first-order chi connectivity index (χ1) is 10.8. The summed E-state index contributed by atoms with van der Waals surface area (Å²) >= 11 is 5.94. The molecule has 3 heteroatoms. The Labute approximate surface area is 136 Å². The zero-order valence-corrected chi connectivity index (χ0v) is 13.3. The van der Waals surface area contributed by atoms with E-state index in [1.807, 2.05) is 42.5 Å². The number of hydrogen-bond donors (Lipinski definition) is 0. The molecule has 1 atom stereocenters. The molecule has 2 aromatic carbocycles. The highest BCUT2D eigenvalue weighted by atomic mass is 35.5. The molecule has 114 valence electrons. The van der Waals surface area contributed by atoms with E-state index in [4.69, 9.17) is 11.6 Å². The molecule has 0 N–H and O–H groups in total. The molecule has 2 aromatic rings. The normalized spacial score (nSPS) is 17.1. The van der Waals surface area contributed by atoms with Gasteiger partial charge in [0.2, 0.25) is 0 Å². The quantitative estimate of drug-likeness (QED) is 0.759. The Balaban J connectivity index is 1.93. The van der Waals surface area contributed by atoms with Crippen LogP contribution in [-0.2, 0) is 0 Å². The Hall–Kier alpha value is -1.64. The molecule has 2 nitrogen and oxygen atoms in total. The van der Waals surface area contributed by atoms with Gasteiger partial charge in [0.05, 0.1) is 6.04 Å². The standard InChI is InChI=1S/C19H20ClNO/c20-17-11-9-16(10-12-17)19(22)18(15-7-3-1-4-8-15)21-13-5-2-6-14-21/h1,3-4,7-12,18H,2,5-6,13-14H2/t18-/m0/s1. The number of piperidine rings is 1. The van der Waals surface area contributed by atoms with Crippen molar-refractivity contribution < 1.29 is 4.79 Å². The van der Waals surface area contributed by atoms with Crippen molar-refractivity contribution in [1.82, 2.24) is 4.90 Å². The number of carbonyl (C=O) groups excluding carboxylic acids is 1. The smallest absolute Gasteiger partial charge is 0.184 e. The van der Waals surface area contributed by atoms with E-state index in [1.165, 1.54) is 6.42 Å². The number of nitrogens with zero attached hydrogens (tertiary/aromatic N) is 1. The topological polar surface area (TPSA) is 20.3 Å². The summed E-state index contributed by atoms with van der Waals surface area (Å²) < 4.78 is 0. The summed E-state index contributed by atoms with van der Waals surface area (Å²) in [5.41, 5.74) is 1.80. The predicted octanol–water partition coefficient (Wildman–Crippen LogP) is 4.75. The van der Waals surface area contributed by atoms with E-state index in [0.717, 1.165) is 37.1 Å². The molecule has 22 heavy (non-hydrogen) atoms. The van der Waals surface area contributed by atoms with E-state index in [0.29, 0.717) is 5.02 Å². The van der Waals surface area contributed by atoms with Gasteiger partial charge in [-0.25, -0.2) is 0 Å². The maximum Gasteiger partial charge on any atom is 0.184 e. The van der Waals surface area contributed by atoms with Gasteiger partial charge in [0, 0.05) is 10.6 Å². The van der Waals surface area contributed by atoms with E-state index in [9.17, 15) is 4.79 Å². The Morgan fingerprint density at radius 2 is 1.55 bits per heavy atom. The van der Waals surface area contributed by atoms with E-state index >= 15 is 0 Å². The van der Waals surface area contributed by atoms with Crippen molar-refractivity contribution in [3.05, 3.63) is 70.7 Å². The van der Waals surface area contributed by atoms with Gasteiger partial charge >= 0.3 is 0 Å². The van der Waals surface area contributed by atoms with Gasteiger partial charge in [-0.05, 0) is 55.8 Å². The Kier molecular flexibility index (Phi) is 4.91. The van der Waals surface area contributed by atoms with Gasteiger partial charge in [-0.3, -0.25) is 9.69 Å². The second-order valence-electron chi connectivity index (χ2n) is 5.78. The molecule has 0 unspecified atom stereocenters. The lowest BCUT2D eigenvalue weighted by molar-refractivity contribution is 0.0783. The fourth-order valence-corrected chi connectivity index (χ4v) is 3.24. The van der Waals surface area contributed by atoms with Crippen LogP contribution in [0.3, 0.4) is 0 Å². The summed E-state index contributed by atoms with van der Waals surface area (Å²) in [6.07, 6.45) is 3.58. The molecule has 0 amide bonds. The number of carbonyl (C=O) groups is 1. The number of ketones is 1. The largest absolute Gasteiger partial charge is 0.292 e. The molecule has 1 aliphatic heterocycles. The van der Waals surface area contributed by atoms with Crippen LogP contribution < -0.4 is 0 Å². The fourth-order valence-electron chi connectivity index (χ4n) is 3.11. The Morgan fingerprint density at radius 1 is 0.909 bits per heavy atom. The number of hydrogen-bond acceptors (Lipinski definition) is 2. The molecular weight excluding hydrogens is 294 g/mol. The predicted molar refractivity (Wildman–Crippen MR) is 90.4 cm³/mol. The SMILES string of the molecule is O=C(c1ccc(Cl)cc1)[C@H](c1ccccc1)N1CCCCC1. The second kappa shape index (κ2) is 7.08. The minimum atomic E-state index is -0.192. The number of Topliss-reactive ketones (excluding diaryl/α,β-unsaturated/α-hetero) is 1. The van der Waals surface area contributed by atoms with Crippen molar-refractivity contribution in [2.45, 2.75) is 25.3 Å². The molecule has 3 rings (SSSR count). The number of halogens is 1. The third kappa shape index (κ3) is 3.40. The molecule has 1 saturated heterocycles. The van der Waals surface area contributed by atoms with Gasteiger partial charge in [0.1, 0.15) is 0 Å². The van der Waals surface area contributed by atoms with Crippen LogP contribution in [0.5, 0.6) is 0 Å². The second-order valence-corrected chi connectivity index (χ2v) is 6.22. The fraction of sp³-hybridized carbons (Fsp3) is 0.316.